The fourth-order valence-electron chi connectivity index (χ4n) is 6.61. The Morgan fingerprint density at radius 2 is 1.97 bits per heavy atom. The highest BCUT2D eigenvalue weighted by Gasteiger charge is 2.64. The predicted octanol–water partition coefficient (Wildman–Crippen LogP) is 4.76. The number of allylic oxidation sites excluding steroid dienone is 2. The van der Waals surface area contributed by atoms with Crippen LogP contribution in [0.25, 0.3) is 11.8 Å². The van der Waals surface area contributed by atoms with Crippen LogP contribution in [0.5, 0.6) is 0 Å². The number of rotatable bonds is 1. The molecule has 0 bridgehead atoms. The molecule has 6 rings (SSSR count). The lowest BCUT2D eigenvalue weighted by Gasteiger charge is -2.55. The molecule has 1 aromatic carbocycles. The van der Waals surface area contributed by atoms with Crippen LogP contribution in [0, 0.1) is 17.8 Å². The third kappa shape index (κ3) is 2.66. The van der Waals surface area contributed by atoms with Crippen molar-refractivity contribution < 1.29 is 13.9 Å². The first-order valence-electron chi connectivity index (χ1n) is 10.8. The second-order valence-electron chi connectivity index (χ2n) is 9.48. The number of thiol groups is 2. The third-order valence-corrected chi connectivity index (χ3v) is 9.36. The smallest absolute Gasteiger partial charge is 0.128 e. The Bertz CT molecular complexity index is 1120. The molecule has 2 saturated carbocycles. The van der Waals surface area contributed by atoms with E-state index in [-0.39, 0.29) is 24.1 Å². The first-order valence-corrected chi connectivity index (χ1v) is 11.8. The molecule has 1 N–H and O–H groups in total. The van der Waals surface area contributed by atoms with Crippen LogP contribution in [0.1, 0.15) is 30.5 Å². The monoisotopic (exact) mass is 458 g/mol. The number of halogens is 2. The van der Waals surface area contributed by atoms with Crippen molar-refractivity contribution in [3.63, 3.8) is 0 Å². The molecular formula is C24H24F2N2OS2. The number of aliphatic hydroxyl groups is 1. The number of hydrogen-bond acceptors (Lipinski definition) is 4. The van der Waals surface area contributed by atoms with E-state index in [2.05, 4.69) is 17.7 Å². The van der Waals surface area contributed by atoms with Crippen LogP contribution in [0.15, 0.2) is 54.0 Å². The second kappa shape index (κ2) is 6.72. The first kappa shape index (κ1) is 20.1. The summed E-state index contributed by atoms with van der Waals surface area (Å²) >= 11 is 9.50. The molecule has 7 atom stereocenters. The van der Waals surface area contributed by atoms with Gasteiger partial charge in [0.05, 0.1) is 28.4 Å². The minimum absolute atomic E-state index is 0.0359. The topological polar surface area (TPSA) is 38.1 Å². The van der Waals surface area contributed by atoms with Gasteiger partial charge in [-0.3, -0.25) is 0 Å². The zero-order chi connectivity index (χ0) is 21.5. The van der Waals surface area contributed by atoms with E-state index in [0.29, 0.717) is 24.8 Å². The zero-order valence-electron chi connectivity index (χ0n) is 16.8. The number of aromatic nitrogens is 2. The van der Waals surface area contributed by atoms with Gasteiger partial charge in [0.25, 0.3) is 0 Å². The molecule has 4 aliphatic rings. The van der Waals surface area contributed by atoms with Crippen LogP contribution in [0.3, 0.4) is 0 Å². The Labute approximate surface area is 191 Å². The van der Waals surface area contributed by atoms with Crippen molar-refractivity contribution in [2.24, 2.45) is 17.8 Å². The molecule has 0 spiro atoms. The van der Waals surface area contributed by atoms with Crippen LogP contribution < -0.4 is 0 Å². The molecule has 0 radical (unpaired) electrons. The van der Waals surface area contributed by atoms with Gasteiger partial charge in [0.15, 0.2) is 0 Å². The summed E-state index contributed by atoms with van der Waals surface area (Å²) in [6, 6.07) is 9.72. The molecule has 4 aliphatic carbocycles. The molecule has 3 nitrogen and oxygen atoms in total. The van der Waals surface area contributed by atoms with Gasteiger partial charge >= 0.3 is 0 Å². The van der Waals surface area contributed by atoms with E-state index in [0.717, 1.165) is 16.9 Å². The highest BCUT2D eigenvalue weighted by molar-refractivity contribution is 7.82. The summed E-state index contributed by atoms with van der Waals surface area (Å²) in [5.74, 6) is -1.46. The predicted molar refractivity (Wildman–Crippen MR) is 123 cm³/mol. The quantitative estimate of drug-likeness (QED) is 0.539. The fraction of sp³-hybridized carbons (Fsp3) is 0.458. The molecule has 5 unspecified atom stereocenters. The Balaban J connectivity index is 1.48. The van der Waals surface area contributed by atoms with Gasteiger partial charge in [-0.05, 0) is 55.0 Å². The molecule has 0 amide bonds. The highest BCUT2D eigenvalue weighted by Crippen LogP contribution is 2.62. The minimum atomic E-state index is -1.57. The molecule has 1 heterocycles. The van der Waals surface area contributed by atoms with E-state index in [1.807, 2.05) is 36.4 Å². The van der Waals surface area contributed by atoms with Crippen LogP contribution in [-0.4, -0.2) is 36.7 Å². The summed E-state index contributed by atoms with van der Waals surface area (Å²) in [6.45, 7) is 0. The van der Waals surface area contributed by atoms with E-state index in [4.69, 9.17) is 12.6 Å². The standard InChI is InChI=1S/C24H24F2N2OS2/c25-18-8-15-16-6-7-21(30)23(16,26)11-20(29)22(15)24(31)10-13-12-27-28(19(13)9-17(18)24)14-4-2-1-3-5-14/h1-5,8-9,12,15-16,20-22,29-31H,6-7,10-11H2/t15?,16?,20?,21?,22?,23-,24-/m1/s1. The molecule has 7 heteroatoms. The largest absolute Gasteiger partial charge is 0.393 e. The Kier molecular flexibility index (Phi) is 4.35. The Hall–Kier alpha value is -1.57. The maximum atomic E-state index is 15.8. The van der Waals surface area contributed by atoms with E-state index in [1.165, 1.54) is 0 Å². The molecule has 162 valence electrons. The van der Waals surface area contributed by atoms with Crippen LogP contribution in [0.4, 0.5) is 8.78 Å². The normalized spacial score (nSPS) is 40.9. The van der Waals surface area contributed by atoms with Crippen molar-refractivity contribution in [3.05, 3.63) is 65.3 Å². The second-order valence-corrected chi connectivity index (χ2v) is 10.9. The lowest BCUT2D eigenvalue weighted by molar-refractivity contribution is -0.0787. The maximum Gasteiger partial charge on any atom is 0.128 e. The number of alkyl halides is 1. The lowest BCUT2D eigenvalue weighted by atomic mass is 9.56. The van der Waals surface area contributed by atoms with Gasteiger partial charge < -0.3 is 5.11 Å². The summed E-state index contributed by atoms with van der Waals surface area (Å²) < 4.78 is 32.3. The van der Waals surface area contributed by atoms with Crippen molar-refractivity contribution >= 4 is 31.3 Å². The van der Waals surface area contributed by atoms with E-state index < -0.39 is 27.7 Å². The number of aliphatic hydroxyl groups excluding tert-OH is 1. The van der Waals surface area contributed by atoms with Gasteiger partial charge in [-0.15, -0.1) is 0 Å². The van der Waals surface area contributed by atoms with Gasteiger partial charge in [0.2, 0.25) is 0 Å². The maximum absolute atomic E-state index is 15.8. The summed E-state index contributed by atoms with van der Waals surface area (Å²) in [5, 5.41) is 15.3. The number of hydrogen-bond donors (Lipinski definition) is 3. The van der Waals surface area contributed by atoms with Crippen molar-refractivity contribution in [2.75, 3.05) is 0 Å². The average molecular weight is 459 g/mol. The number of benzene rings is 1. The third-order valence-electron chi connectivity index (χ3n) is 7.98. The summed E-state index contributed by atoms with van der Waals surface area (Å²) in [6.07, 6.45) is 6.03. The van der Waals surface area contributed by atoms with E-state index in [9.17, 15) is 5.11 Å². The number of para-hydroxylation sites is 1. The van der Waals surface area contributed by atoms with Gasteiger partial charge in [-0.2, -0.15) is 30.4 Å². The molecule has 1 aromatic heterocycles. The van der Waals surface area contributed by atoms with Gasteiger partial charge in [-0.1, -0.05) is 18.2 Å². The van der Waals surface area contributed by atoms with Crippen LogP contribution in [0.2, 0.25) is 0 Å². The molecule has 0 aliphatic heterocycles. The average Bonchev–Trinajstić information content (AvgIpc) is 3.27. The SMILES string of the molecule is OC1C[C@]2(F)C(S)CCC2C2C=C(F)C3=Cc4c(cnn4-c4ccccc4)C[C@]3(S)C12. The molecule has 31 heavy (non-hydrogen) atoms. The molecule has 2 fully saturated rings. The van der Waals surface area contributed by atoms with Gasteiger partial charge in [0, 0.05) is 29.1 Å². The highest BCUT2D eigenvalue weighted by atomic mass is 32.1. The number of fused-ring (bicyclic) bond motifs is 6. The fourth-order valence-corrected chi connectivity index (χ4v) is 7.74. The van der Waals surface area contributed by atoms with Crippen LogP contribution in [-0.2, 0) is 6.42 Å². The Morgan fingerprint density at radius 3 is 2.74 bits per heavy atom. The van der Waals surface area contributed by atoms with Crippen molar-refractivity contribution in [1.82, 2.24) is 9.78 Å². The van der Waals surface area contributed by atoms with Gasteiger partial charge in [0.1, 0.15) is 11.5 Å². The molecule has 2 aromatic rings. The van der Waals surface area contributed by atoms with Crippen molar-refractivity contribution in [3.8, 4) is 5.69 Å². The molecule has 0 saturated heterocycles. The molecular weight excluding hydrogens is 434 g/mol. The zero-order valence-corrected chi connectivity index (χ0v) is 18.6. The Morgan fingerprint density at radius 1 is 1.19 bits per heavy atom. The van der Waals surface area contributed by atoms with E-state index in [1.54, 1.807) is 17.0 Å². The summed E-state index contributed by atoms with van der Waals surface area (Å²) in [5.41, 5.74) is 1.58. The lowest BCUT2D eigenvalue weighted by Crippen LogP contribution is -2.60. The van der Waals surface area contributed by atoms with Gasteiger partial charge in [-0.25, -0.2) is 13.5 Å². The minimum Gasteiger partial charge on any atom is -0.393 e. The summed E-state index contributed by atoms with van der Waals surface area (Å²) in [7, 11) is 0. The number of nitrogens with zero attached hydrogens (tertiary/aromatic N) is 2. The first-order chi connectivity index (χ1) is 14.8. The van der Waals surface area contributed by atoms with Crippen molar-refractivity contribution in [1.29, 1.82) is 0 Å². The van der Waals surface area contributed by atoms with E-state index >= 15 is 8.78 Å². The summed E-state index contributed by atoms with van der Waals surface area (Å²) in [4.78, 5) is 0. The van der Waals surface area contributed by atoms with Crippen LogP contribution >= 0.6 is 25.3 Å². The van der Waals surface area contributed by atoms with Crippen molar-refractivity contribution in [2.45, 2.75) is 47.5 Å².